The maximum absolute atomic E-state index is 13.1. The molecule has 3 heterocycles. The van der Waals surface area contributed by atoms with Crippen LogP contribution in [0.4, 0.5) is 0 Å². The molecule has 0 spiro atoms. The van der Waals surface area contributed by atoms with Crippen molar-refractivity contribution >= 4 is 44.8 Å². The molecule has 0 saturated heterocycles. The number of carbonyl (C=O) groups excluding carboxylic acids is 2. The highest BCUT2D eigenvalue weighted by Gasteiger charge is 2.35. The number of fused-ring (bicyclic) bond motifs is 2. The van der Waals surface area contributed by atoms with Crippen molar-refractivity contribution in [3.05, 3.63) is 71.0 Å². The number of carbonyl (C=O) groups is 2. The van der Waals surface area contributed by atoms with Gasteiger partial charge in [0.25, 0.3) is 11.8 Å². The van der Waals surface area contributed by atoms with E-state index in [9.17, 15) is 9.59 Å². The first-order valence-corrected chi connectivity index (χ1v) is 10.9. The number of aromatic amines is 1. The zero-order valence-corrected chi connectivity index (χ0v) is 18.5. The first kappa shape index (κ1) is 20.3. The van der Waals surface area contributed by atoms with E-state index in [0.29, 0.717) is 11.1 Å². The Morgan fingerprint density at radius 2 is 1.59 bits per heavy atom. The Morgan fingerprint density at radius 1 is 0.906 bits per heavy atom. The molecule has 3 N–H and O–H groups in total. The number of aryl methyl sites for hydroxylation is 3. The second kappa shape index (κ2) is 7.80. The van der Waals surface area contributed by atoms with Crippen LogP contribution < -0.4 is 10.6 Å². The number of nitrogens with zero attached hydrogens (tertiary/aromatic N) is 1. The van der Waals surface area contributed by atoms with E-state index in [-0.39, 0.29) is 11.8 Å². The first-order valence-electron chi connectivity index (χ1n) is 10.9. The Balaban J connectivity index is 1.76. The number of nitrogens with one attached hydrogen (secondary N) is 3. The van der Waals surface area contributed by atoms with Crippen molar-refractivity contribution in [2.24, 2.45) is 0 Å². The third-order valence-electron chi connectivity index (χ3n) is 6.17. The number of hydrogen-bond donors (Lipinski definition) is 3. The molecular weight excluding hydrogens is 400 g/mol. The summed E-state index contributed by atoms with van der Waals surface area (Å²) in [5.74, 6) is -0.695. The fraction of sp³-hybridized carbons (Fsp3) is 0.231. The van der Waals surface area contributed by atoms with Crippen LogP contribution >= 0.6 is 0 Å². The Labute approximate surface area is 186 Å². The predicted molar refractivity (Wildman–Crippen MR) is 128 cm³/mol. The summed E-state index contributed by atoms with van der Waals surface area (Å²) in [5, 5.41) is 7.65. The van der Waals surface area contributed by atoms with E-state index >= 15 is 0 Å². The Bertz CT molecular complexity index is 1420. The smallest absolute Gasteiger partial charge is 0.259 e. The van der Waals surface area contributed by atoms with Crippen LogP contribution in [0.1, 0.15) is 28.7 Å². The van der Waals surface area contributed by atoms with E-state index in [1.54, 1.807) is 0 Å². The molecule has 4 aromatic rings. The van der Waals surface area contributed by atoms with Crippen molar-refractivity contribution in [3.63, 3.8) is 0 Å². The molecule has 6 nitrogen and oxygen atoms in total. The average Bonchev–Trinajstić information content (AvgIpc) is 3.41. The van der Waals surface area contributed by atoms with E-state index in [2.05, 4.69) is 38.4 Å². The SMILES string of the molecule is CNCCCn1cc(C2=C(c3c[nH]c4ccc(C)cc34)C(=O)NC2=O)c2cc(C)ccc21. The first-order chi connectivity index (χ1) is 15.5. The van der Waals surface area contributed by atoms with Gasteiger partial charge in [-0.25, -0.2) is 0 Å². The molecule has 0 aliphatic carbocycles. The summed E-state index contributed by atoms with van der Waals surface area (Å²) in [6, 6.07) is 12.3. The van der Waals surface area contributed by atoms with E-state index in [1.807, 2.05) is 51.5 Å². The molecule has 1 aliphatic rings. The third kappa shape index (κ3) is 3.24. The summed E-state index contributed by atoms with van der Waals surface area (Å²) < 4.78 is 2.18. The normalized spacial score (nSPS) is 14.2. The maximum atomic E-state index is 13.1. The van der Waals surface area contributed by atoms with Gasteiger partial charge in [-0.05, 0) is 58.1 Å². The summed E-state index contributed by atoms with van der Waals surface area (Å²) in [6.45, 7) is 5.79. The monoisotopic (exact) mass is 426 g/mol. The number of rotatable bonds is 6. The van der Waals surface area contributed by atoms with Gasteiger partial charge in [-0.1, -0.05) is 23.3 Å². The quantitative estimate of drug-likeness (QED) is 0.323. The summed E-state index contributed by atoms with van der Waals surface area (Å²) >= 11 is 0. The third-order valence-corrected chi connectivity index (χ3v) is 6.17. The highest BCUT2D eigenvalue weighted by Crippen LogP contribution is 2.38. The minimum atomic E-state index is -0.351. The Morgan fingerprint density at radius 3 is 2.34 bits per heavy atom. The second-order valence-corrected chi connectivity index (χ2v) is 8.50. The molecule has 0 fully saturated rings. The number of amides is 2. The van der Waals surface area contributed by atoms with Crippen molar-refractivity contribution in [3.8, 4) is 0 Å². The van der Waals surface area contributed by atoms with Gasteiger partial charge in [-0.3, -0.25) is 14.9 Å². The molecule has 6 heteroatoms. The van der Waals surface area contributed by atoms with Crippen LogP contribution in [0.3, 0.4) is 0 Å². The van der Waals surface area contributed by atoms with Crippen LogP contribution in [0, 0.1) is 13.8 Å². The summed E-state index contributed by atoms with van der Waals surface area (Å²) in [5.41, 5.74) is 6.65. The Kier molecular flexibility index (Phi) is 4.94. The van der Waals surface area contributed by atoms with Crippen LogP contribution in [0.15, 0.2) is 48.8 Å². The van der Waals surface area contributed by atoms with Crippen LogP contribution in [0.25, 0.3) is 33.0 Å². The molecule has 2 aromatic carbocycles. The molecular formula is C26H26N4O2. The molecule has 32 heavy (non-hydrogen) atoms. The summed E-state index contributed by atoms with van der Waals surface area (Å²) in [6.07, 6.45) is 4.81. The van der Waals surface area contributed by atoms with Crippen LogP contribution in [0.5, 0.6) is 0 Å². The molecule has 2 amide bonds. The summed E-state index contributed by atoms with van der Waals surface area (Å²) in [7, 11) is 1.94. The molecule has 0 unspecified atom stereocenters. The molecule has 2 aromatic heterocycles. The Hall–Kier alpha value is -3.64. The van der Waals surface area contributed by atoms with E-state index in [1.165, 1.54) is 0 Å². The van der Waals surface area contributed by atoms with Gasteiger partial charge in [-0.15, -0.1) is 0 Å². The lowest BCUT2D eigenvalue weighted by Gasteiger charge is -2.05. The van der Waals surface area contributed by atoms with Crippen molar-refractivity contribution in [2.45, 2.75) is 26.8 Å². The topological polar surface area (TPSA) is 78.9 Å². The number of H-pyrrole nitrogens is 1. The fourth-order valence-corrected chi connectivity index (χ4v) is 4.63. The predicted octanol–water partition coefficient (Wildman–Crippen LogP) is 3.92. The van der Waals surface area contributed by atoms with Gasteiger partial charge < -0.3 is 14.9 Å². The molecule has 162 valence electrons. The van der Waals surface area contributed by atoms with Gasteiger partial charge in [0.1, 0.15) is 0 Å². The zero-order valence-electron chi connectivity index (χ0n) is 18.5. The molecule has 0 atom stereocenters. The van der Waals surface area contributed by atoms with Gasteiger partial charge >= 0.3 is 0 Å². The number of imide groups is 1. The van der Waals surface area contributed by atoms with Crippen molar-refractivity contribution < 1.29 is 9.59 Å². The standard InChI is InChI=1S/C26H26N4O2/c1-15-5-7-21-17(11-15)19(13-28-21)23-24(26(32)29-25(23)31)20-14-30(10-4-9-27-3)22-8-6-16(2)12-18(20)22/h5-8,11-14,27-28H,4,9-10H2,1-3H3,(H,29,31,32). The van der Waals surface area contributed by atoms with E-state index in [0.717, 1.165) is 63.6 Å². The van der Waals surface area contributed by atoms with E-state index in [4.69, 9.17) is 0 Å². The summed E-state index contributed by atoms with van der Waals surface area (Å²) in [4.78, 5) is 29.3. The highest BCUT2D eigenvalue weighted by molar-refractivity contribution is 6.50. The second-order valence-electron chi connectivity index (χ2n) is 8.50. The van der Waals surface area contributed by atoms with Gasteiger partial charge in [0.15, 0.2) is 0 Å². The largest absolute Gasteiger partial charge is 0.361 e. The van der Waals surface area contributed by atoms with Crippen LogP contribution in [-0.4, -0.2) is 35.0 Å². The lowest BCUT2D eigenvalue weighted by atomic mass is 9.95. The molecule has 0 saturated carbocycles. The van der Waals surface area contributed by atoms with Crippen molar-refractivity contribution in [2.75, 3.05) is 13.6 Å². The molecule has 5 rings (SSSR count). The van der Waals surface area contributed by atoms with Gasteiger partial charge in [0.05, 0.1) is 11.1 Å². The minimum Gasteiger partial charge on any atom is -0.361 e. The molecule has 0 bridgehead atoms. The highest BCUT2D eigenvalue weighted by atomic mass is 16.2. The lowest BCUT2D eigenvalue weighted by molar-refractivity contribution is -0.122. The van der Waals surface area contributed by atoms with E-state index < -0.39 is 0 Å². The van der Waals surface area contributed by atoms with Gasteiger partial charge in [-0.2, -0.15) is 0 Å². The van der Waals surface area contributed by atoms with Crippen molar-refractivity contribution in [1.82, 2.24) is 20.2 Å². The van der Waals surface area contributed by atoms with Gasteiger partial charge in [0, 0.05) is 51.9 Å². The molecule has 0 radical (unpaired) electrons. The number of hydrogen-bond acceptors (Lipinski definition) is 3. The molecule has 1 aliphatic heterocycles. The zero-order chi connectivity index (χ0) is 22.4. The number of aromatic nitrogens is 2. The van der Waals surface area contributed by atoms with Crippen LogP contribution in [-0.2, 0) is 16.1 Å². The minimum absolute atomic E-state index is 0.345. The van der Waals surface area contributed by atoms with Gasteiger partial charge in [0.2, 0.25) is 0 Å². The lowest BCUT2D eigenvalue weighted by Crippen LogP contribution is -2.22. The number of benzene rings is 2. The average molecular weight is 427 g/mol. The van der Waals surface area contributed by atoms with Crippen molar-refractivity contribution in [1.29, 1.82) is 0 Å². The maximum Gasteiger partial charge on any atom is 0.259 e. The van der Waals surface area contributed by atoms with Crippen LogP contribution in [0.2, 0.25) is 0 Å². The fourth-order valence-electron chi connectivity index (χ4n) is 4.63.